The van der Waals surface area contributed by atoms with Crippen molar-refractivity contribution in [2.24, 2.45) is 0 Å². The van der Waals surface area contributed by atoms with Gasteiger partial charge in [0.1, 0.15) is 12.4 Å². The first kappa shape index (κ1) is 13.0. The second-order valence-electron chi connectivity index (χ2n) is 3.91. The average Bonchev–Trinajstić information content (AvgIpc) is 2.46. The van der Waals surface area contributed by atoms with E-state index in [1.807, 2.05) is 30.3 Å². The van der Waals surface area contributed by atoms with E-state index < -0.39 is 5.82 Å². The fraction of sp³-hybridized carbons (Fsp3) is 0.143. The number of hydrogen-bond donors (Lipinski definition) is 2. The molecule has 0 aliphatic carbocycles. The molecule has 19 heavy (non-hydrogen) atoms. The van der Waals surface area contributed by atoms with Gasteiger partial charge in [-0.3, -0.25) is 5.41 Å². The molecule has 2 aromatic rings. The van der Waals surface area contributed by atoms with Crippen LogP contribution >= 0.6 is 0 Å². The van der Waals surface area contributed by atoms with Gasteiger partial charge in [-0.15, -0.1) is 0 Å². The summed E-state index contributed by atoms with van der Waals surface area (Å²) < 4.78 is 19.1. The lowest BCUT2D eigenvalue weighted by Gasteiger charge is -2.08. The van der Waals surface area contributed by atoms with Crippen molar-refractivity contribution in [3.05, 3.63) is 59.5 Å². The van der Waals surface area contributed by atoms with Gasteiger partial charge in [0.15, 0.2) is 5.82 Å². The minimum atomic E-state index is -0.576. The molecular weight excluding hydrogens is 245 g/mol. The van der Waals surface area contributed by atoms with E-state index in [9.17, 15) is 4.39 Å². The summed E-state index contributed by atoms with van der Waals surface area (Å²) in [6.45, 7) is 0.258. The lowest BCUT2D eigenvalue weighted by molar-refractivity contribution is 0.277. The van der Waals surface area contributed by atoms with Gasteiger partial charge in [-0.25, -0.2) is 9.37 Å². The number of aromatic nitrogens is 1. The Bertz CT molecular complexity index is 572. The van der Waals surface area contributed by atoms with E-state index in [2.05, 4.69) is 10.3 Å². The van der Waals surface area contributed by atoms with Gasteiger partial charge in [-0.2, -0.15) is 0 Å². The Balaban J connectivity index is 2.07. The number of nitrogens with one attached hydrogen (secondary N) is 2. The first-order valence-corrected chi connectivity index (χ1v) is 5.79. The highest BCUT2D eigenvalue weighted by molar-refractivity contribution is 5.95. The van der Waals surface area contributed by atoms with Crippen LogP contribution in [0.2, 0.25) is 0 Å². The Hall–Kier alpha value is -2.43. The number of ether oxygens (including phenoxy) is 1. The summed E-state index contributed by atoms with van der Waals surface area (Å²) in [5.74, 6) is -0.522. The highest BCUT2D eigenvalue weighted by Gasteiger charge is 2.09. The summed E-state index contributed by atoms with van der Waals surface area (Å²) >= 11 is 0. The molecule has 0 radical (unpaired) electrons. The van der Waals surface area contributed by atoms with Crippen molar-refractivity contribution in [3.8, 4) is 5.88 Å². The number of rotatable bonds is 4. The standard InChI is InChI=1S/C14H14FN3O/c1-17-13(16)11-7-12(15)14(18-8-11)19-9-10-5-3-2-4-6-10/h2-8H,9H2,1H3,(H2,16,17). The summed E-state index contributed by atoms with van der Waals surface area (Å²) in [5, 5.41) is 10.1. The highest BCUT2D eigenvalue weighted by atomic mass is 19.1. The van der Waals surface area contributed by atoms with Gasteiger partial charge in [0.2, 0.25) is 0 Å². The maximum Gasteiger partial charge on any atom is 0.250 e. The van der Waals surface area contributed by atoms with Gasteiger partial charge in [0.05, 0.1) is 0 Å². The molecule has 5 heteroatoms. The molecule has 4 nitrogen and oxygen atoms in total. The SMILES string of the molecule is CNC(=N)c1cnc(OCc2ccccc2)c(F)c1. The summed E-state index contributed by atoms with van der Waals surface area (Å²) in [7, 11) is 1.60. The molecule has 0 saturated heterocycles. The van der Waals surface area contributed by atoms with Crippen LogP contribution in [0.25, 0.3) is 0 Å². The zero-order valence-electron chi connectivity index (χ0n) is 10.5. The van der Waals surface area contributed by atoms with E-state index in [-0.39, 0.29) is 18.3 Å². The third-order valence-corrected chi connectivity index (χ3v) is 2.56. The molecule has 0 unspecified atom stereocenters. The molecular formula is C14H14FN3O. The Morgan fingerprint density at radius 2 is 2.11 bits per heavy atom. The Labute approximate surface area is 110 Å². The van der Waals surface area contributed by atoms with Crippen LogP contribution in [0, 0.1) is 11.2 Å². The summed E-state index contributed by atoms with van der Waals surface area (Å²) in [6.07, 6.45) is 1.40. The second-order valence-corrected chi connectivity index (χ2v) is 3.91. The fourth-order valence-corrected chi connectivity index (χ4v) is 1.54. The average molecular weight is 259 g/mol. The van der Waals surface area contributed by atoms with Crippen molar-refractivity contribution in [2.45, 2.75) is 6.61 Å². The summed E-state index contributed by atoms with van der Waals surface area (Å²) in [4.78, 5) is 3.88. The van der Waals surface area contributed by atoms with Crippen molar-refractivity contribution >= 4 is 5.84 Å². The van der Waals surface area contributed by atoms with Crippen molar-refractivity contribution < 1.29 is 9.13 Å². The van der Waals surface area contributed by atoms with E-state index in [1.54, 1.807) is 7.05 Å². The van der Waals surface area contributed by atoms with Gasteiger partial charge in [0, 0.05) is 18.8 Å². The van der Waals surface area contributed by atoms with Crippen LogP contribution in [-0.2, 0) is 6.61 Å². The molecule has 0 aliphatic rings. The zero-order chi connectivity index (χ0) is 13.7. The molecule has 0 bridgehead atoms. The van der Waals surface area contributed by atoms with E-state index >= 15 is 0 Å². The van der Waals surface area contributed by atoms with Crippen LogP contribution in [0.3, 0.4) is 0 Å². The molecule has 0 fully saturated rings. The molecule has 0 amide bonds. The van der Waals surface area contributed by atoms with Gasteiger partial charge in [-0.05, 0) is 11.6 Å². The first-order valence-electron chi connectivity index (χ1n) is 5.79. The Morgan fingerprint density at radius 3 is 2.74 bits per heavy atom. The van der Waals surface area contributed by atoms with E-state index in [0.717, 1.165) is 5.56 Å². The molecule has 1 heterocycles. The summed E-state index contributed by atoms with van der Waals surface area (Å²) in [5.41, 5.74) is 1.32. The number of hydrogen-bond acceptors (Lipinski definition) is 3. The maximum absolute atomic E-state index is 13.7. The van der Waals surface area contributed by atoms with Crippen molar-refractivity contribution in [3.63, 3.8) is 0 Å². The molecule has 2 N–H and O–H groups in total. The van der Waals surface area contributed by atoms with Crippen LogP contribution in [0.5, 0.6) is 5.88 Å². The van der Waals surface area contributed by atoms with Crippen LogP contribution in [-0.4, -0.2) is 17.9 Å². The largest absolute Gasteiger partial charge is 0.471 e. The Morgan fingerprint density at radius 1 is 1.37 bits per heavy atom. The first-order chi connectivity index (χ1) is 9.20. The molecule has 1 aromatic carbocycles. The molecule has 0 saturated carbocycles. The van der Waals surface area contributed by atoms with E-state index in [0.29, 0.717) is 5.56 Å². The summed E-state index contributed by atoms with van der Waals surface area (Å²) in [6, 6.07) is 10.7. The number of amidine groups is 1. The number of benzene rings is 1. The molecule has 2 rings (SSSR count). The number of pyridine rings is 1. The molecule has 0 aliphatic heterocycles. The third-order valence-electron chi connectivity index (χ3n) is 2.56. The molecule has 0 spiro atoms. The van der Waals surface area contributed by atoms with Gasteiger partial charge >= 0.3 is 0 Å². The quantitative estimate of drug-likeness (QED) is 0.654. The smallest absolute Gasteiger partial charge is 0.250 e. The minimum Gasteiger partial charge on any atom is -0.471 e. The molecule has 0 atom stereocenters. The lowest BCUT2D eigenvalue weighted by Crippen LogP contribution is -2.18. The van der Waals surface area contributed by atoms with Gasteiger partial charge in [-0.1, -0.05) is 30.3 Å². The predicted octanol–water partition coefficient (Wildman–Crippen LogP) is 2.34. The normalized spacial score (nSPS) is 10.0. The third kappa shape index (κ3) is 3.28. The zero-order valence-corrected chi connectivity index (χ0v) is 10.5. The van der Waals surface area contributed by atoms with Crippen molar-refractivity contribution in [1.29, 1.82) is 5.41 Å². The topological polar surface area (TPSA) is 58.0 Å². The molecule has 1 aromatic heterocycles. The lowest BCUT2D eigenvalue weighted by atomic mass is 10.2. The van der Waals surface area contributed by atoms with Crippen LogP contribution in [0.1, 0.15) is 11.1 Å². The molecule has 98 valence electrons. The minimum absolute atomic E-state index is 0.0588. The highest BCUT2D eigenvalue weighted by Crippen LogP contribution is 2.16. The van der Waals surface area contributed by atoms with E-state index in [4.69, 9.17) is 10.1 Å². The van der Waals surface area contributed by atoms with Crippen molar-refractivity contribution in [2.75, 3.05) is 7.05 Å². The number of halogens is 1. The monoisotopic (exact) mass is 259 g/mol. The number of nitrogens with zero attached hydrogens (tertiary/aromatic N) is 1. The van der Waals surface area contributed by atoms with E-state index in [1.165, 1.54) is 12.3 Å². The van der Waals surface area contributed by atoms with Crippen LogP contribution < -0.4 is 10.1 Å². The van der Waals surface area contributed by atoms with Crippen LogP contribution in [0.4, 0.5) is 4.39 Å². The maximum atomic E-state index is 13.7. The second kappa shape index (κ2) is 5.95. The van der Waals surface area contributed by atoms with Gasteiger partial charge < -0.3 is 10.1 Å². The van der Waals surface area contributed by atoms with Crippen molar-refractivity contribution in [1.82, 2.24) is 10.3 Å². The Kier molecular flexibility index (Phi) is 4.07. The van der Waals surface area contributed by atoms with Gasteiger partial charge in [0.25, 0.3) is 5.88 Å². The van der Waals surface area contributed by atoms with Crippen LogP contribution in [0.15, 0.2) is 42.6 Å². The fourth-order valence-electron chi connectivity index (χ4n) is 1.54. The predicted molar refractivity (Wildman–Crippen MR) is 70.9 cm³/mol.